The first-order chi connectivity index (χ1) is 18.6. The highest BCUT2D eigenvalue weighted by Gasteiger charge is 2.19. The van der Waals surface area contributed by atoms with Crippen LogP contribution in [0.25, 0.3) is 32.4 Å². The Hall–Kier alpha value is -3.22. The number of fused-ring (bicyclic) bond motifs is 6. The van der Waals surface area contributed by atoms with Crippen molar-refractivity contribution in [2.45, 2.75) is 65.2 Å². The van der Waals surface area contributed by atoms with Crippen molar-refractivity contribution < 1.29 is 0 Å². The van der Waals surface area contributed by atoms with Gasteiger partial charge in [-0.2, -0.15) is 0 Å². The number of benzene rings is 2. The van der Waals surface area contributed by atoms with Crippen LogP contribution in [0.3, 0.4) is 0 Å². The Kier molecular flexibility index (Phi) is 6.17. The van der Waals surface area contributed by atoms with Gasteiger partial charge in [0.25, 0.3) is 0 Å². The fourth-order valence-corrected chi connectivity index (χ4v) is 8.04. The number of hydrogen-bond acceptors (Lipinski definition) is 4. The van der Waals surface area contributed by atoms with Gasteiger partial charge in [-0.15, -0.1) is 22.7 Å². The Labute approximate surface area is 231 Å². The van der Waals surface area contributed by atoms with Crippen LogP contribution in [0.5, 0.6) is 0 Å². The van der Waals surface area contributed by atoms with Crippen LogP contribution < -0.4 is 0 Å². The highest BCUT2D eigenvalue weighted by Crippen LogP contribution is 2.33. The maximum absolute atomic E-state index is 4.80. The van der Waals surface area contributed by atoms with Gasteiger partial charge >= 0.3 is 0 Å². The van der Waals surface area contributed by atoms with Crippen LogP contribution in [-0.2, 0) is 25.7 Å². The van der Waals surface area contributed by atoms with Crippen molar-refractivity contribution >= 4 is 32.6 Å². The van der Waals surface area contributed by atoms with Gasteiger partial charge in [-0.05, 0) is 65.2 Å². The minimum Gasteiger partial charge on any atom is -0.294 e. The zero-order valence-electron chi connectivity index (χ0n) is 22.0. The zero-order valence-corrected chi connectivity index (χ0v) is 23.7. The van der Waals surface area contributed by atoms with Crippen molar-refractivity contribution in [2.75, 3.05) is 0 Å². The summed E-state index contributed by atoms with van der Waals surface area (Å²) in [4.78, 5) is 15.0. The van der Waals surface area contributed by atoms with Crippen LogP contribution in [0, 0.1) is 13.8 Å². The van der Waals surface area contributed by atoms with Crippen LogP contribution >= 0.6 is 22.7 Å². The molecule has 0 saturated carbocycles. The third-order valence-electron chi connectivity index (χ3n) is 7.83. The van der Waals surface area contributed by atoms with Crippen molar-refractivity contribution in [2.24, 2.45) is 0 Å². The number of rotatable bonds is 2. The number of hydrogen-bond donors (Lipinski definition) is 0. The molecular formula is C32H32N4S2. The van der Waals surface area contributed by atoms with E-state index in [-0.39, 0.29) is 0 Å². The number of aromatic nitrogens is 4. The van der Waals surface area contributed by atoms with E-state index in [9.17, 15) is 0 Å². The largest absolute Gasteiger partial charge is 0.294 e. The molecule has 4 nitrogen and oxygen atoms in total. The van der Waals surface area contributed by atoms with E-state index in [0.29, 0.717) is 0 Å². The summed E-state index contributed by atoms with van der Waals surface area (Å²) in [5.74, 6) is 0. The molecule has 6 aromatic rings. The lowest BCUT2D eigenvalue weighted by molar-refractivity contribution is 0.674. The molecule has 0 saturated heterocycles. The molecule has 38 heavy (non-hydrogen) atoms. The predicted molar refractivity (Wildman–Crippen MR) is 160 cm³/mol. The van der Waals surface area contributed by atoms with E-state index in [1.54, 1.807) is 9.75 Å². The average Bonchev–Trinajstić information content (AvgIpc) is 3.69. The molecule has 0 amide bonds. The Bertz CT molecular complexity index is 1600. The van der Waals surface area contributed by atoms with E-state index >= 15 is 0 Å². The molecule has 2 aliphatic carbocycles. The first-order valence-corrected chi connectivity index (χ1v) is 15.4. The molecule has 0 spiro atoms. The topological polar surface area (TPSA) is 34.6 Å². The van der Waals surface area contributed by atoms with Crippen LogP contribution in [0.2, 0.25) is 0 Å². The van der Waals surface area contributed by atoms with Gasteiger partial charge in [-0.1, -0.05) is 59.7 Å². The molecule has 192 valence electrons. The van der Waals surface area contributed by atoms with Gasteiger partial charge in [0.15, 0.2) is 9.92 Å². The van der Waals surface area contributed by atoms with E-state index in [2.05, 4.69) is 83.6 Å². The molecule has 2 aliphatic rings. The van der Waals surface area contributed by atoms with E-state index in [1.807, 2.05) is 22.7 Å². The van der Waals surface area contributed by atoms with Crippen molar-refractivity contribution in [3.05, 3.63) is 93.2 Å². The van der Waals surface area contributed by atoms with Crippen molar-refractivity contribution in [1.29, 1.82) is 0 Å². The number of thiazole rings is 2. The third-order valence-corrected chi connectivity index (χ3v) is 10.1. The highest BCUT2D eigenvalue weighted by atomic mass is 32.1. The molecule has 0 fully saturated rings. The number of aryl methyl sites for hydroxylation is 6. The van der Waals surface area contributed by atoms with Crippen LogP contribution in [-0.4, -0.2) is 18.8 Å². The molecule has 4 aromatic heterocycles. The summed E-state index contributed by atoms with van der Waals surface area (Å²) in [7, 11) is 0. The quantitative estimate of drug-likeness (QED) is 0.222. The lowest BCUT2D eigenvalue weighted by Gasteiger charge is -2.09. The smallest absolute Gasteiger partial charge is 0.194 e. The fourth-order valence-electron chi connectivity index (χ4n) is 5.66. The minimum absolute atomic E-state index is 1.10. The maximum atomic E-state index is 4.80. The van der Waals surface area contributed by atoms with Gasteiger partial charge < -0.3 is 0 Å². The van der Waals surface area contributed by atoms with E-state index < -0.39 is 0 Å². The van der Waals surface area contributed by atoms with E-state index in [1.165, 1.54) is 85.0 Å². The molecule has 0 radical (unpaired) electrons. The average molecular weight is 537 g/mol. The lowest BCUT2D eigenvalue weighted by atomic mass is 10.0. The first kappa shape index (κ1) is 23.9. The fraction of sp³-hybridized carbons (Fsp3) is 0.312. The summed E-state index contributed by atoms with van der Waals surface area (Å²) in [6, 6.07) is 17.2. The zero-order chi connectivity index (χ0) is 25.6. The molecule has 0 N–H and O–H groups in total. The second-order valence-electron chi connectivity index (χ2n) is 10.6. The Morgan fingerprint density at radius 3 is 1.37 bits per heavy atom. The number of nitrogens with zero attached hydrogens (tertiary/aromatic N) is 4. The Morgan fingerprint density at radius 1 is 0.553 bits per heavy atom. The second kappa shape index (κ2) is 9.83. The Morgan fingerprint density at radius 2 is 0.947 bits per heavy atom. The summed E-state index contributed by atoms with van der Waals surface area (Å²) in [6.45, 7) is 4.23. The van der Waals surface area contributed by atoms with Gasteiger partial charge in [0.2, 0.25) is 0 Å². The van der Waals surface area contributed by atoms with Crippen molar-refractivity contribution in [3.8, 4) is 22.5 Å². The standard InChI is InChI=1S/2C16H16N2S/c2*1-11-6-8-12(9-7-11)13-10-18-14-4-2-3-5-15(14)19-16(18)17-13/h2*6-10H,2-5H2,1H3. The monoisotopic (exact) mass is 536 g/mol. The van der Waals surface area contributed by atoms with Crippen molar-refractivity contribution in [1.82, 2.24) is 18.8 Å². The molecule has 6 heteroatoms. The predicted octanol–water partition coefficient (Wildman–Crippen LogP) is 8.50. The summed E-state index contributed by atoms with van der Waals surface area (Å²) >= 11 is 3.74. The highest BCUT2D eigenvalue weighted by molar-refractivity contribution is 7.17. The van der Waals surface area contributed by atoms with Gasteiger partial charge in [0.05, 0.1) is 11.4 Å². The van der Waals surface area contributed by atoms with Crippen LogP contribution in [0.15, 0.2) is 60.9 Å². The molecule has 0 atom stereocenters. The summed E-state index contributed by atoms with van der Waals surface area (Å²) in [6.07, 6.45) is 14.6. The summed E-state index contributed by atoms with van der Waals surface area (Å²) < 4.78 is 4.63. The van der Waals surface area contributed by atoms with Gasteiger partial charge in [-0.3, -0.25) is 8.80 Å². The molecule has 8 rings (SSSR count). The summed E-state index contributed by atoms with van der Waals surface area (Å²) in [5, 5.41) is 0. The van der Waals surface area contributed by atoms with Crippen molar-refractivity contribution in [3.63, 3.8) is 0 Å². The van der Waals surface area contributed by atoms with Gasteiger partial charge in [0.1, 0.15) is 0 Å². The van der Waals surface area contributed by atoms with E-state index in [0.717, 1.165) is 21.3 Å². The van der Waals surface area contributed by atoms with E-state index in [4.69, 9.17) is 9.97 Å². The summed E-state index contributed by atoms with van der Waals surface area (Å²) in [5.41, 5.74) is 10.2. The van der Waals surface area contributed by atoms with Gasteiger partial charge in [-0.25, -0.2) is 9.97 Å². The molecule has 4 heterocycles. The first-order valence-electron chi connectivity index (χ1n) is 13.8. The SMILES string of the molecule is Cc1ccc(-c2cn3c4c(sc3n2)CCCC4)cc1.Cc1ccc(-c2cn3c4c(sc3n2)CCCC4)cc1. The molecule has 0 bridgehead atoms. The normalized spacial score (nSPS) is 14.8. The van der Waals surface area contributed by atoms with Gasteiger partial charge in [0, 0.05) is 44.7 Å². The molecular weight excluding hydrogens is 505 g/mol. The molecule has 0 unspecified atom stereocenters. The molecule has 2 aromatic carbocycles. The third kappa shape index (κ3) is 4.40. The molecule has 0 aliphatic heterocycles. The van der Waals surface area contributed by atoms with Crippen LogP contribution in [0.1, 0.15) is 58.0 Å². The minimum atomic E-state index is 1.10. The number of imidazole rings is 2. The lowest BCUT2D eigenvalue weighted by Crippen LogP contribution is -2.01. The van der Waals surface area contributed by atoms with Crippen LogP contribution in [0.4, 0.5) is 0 Å². The maximum Gasteiger partial charge on any atom is 0.194 e. The Balaban J connectivity index is 0.000000127. The second-order valence-corrected chi connectivity index (χ2v) is 12.8.